The van der Waals surface area contributed by atoms with Gasteiger partial charge in [-0.1, -0.05) is 12.1 Å². The quantitative estimate of drug-likeness (QED) is 0.816. The topological polar surface area (TPSA) is 21.3 Å². The third kappa shape index (κ3) is 5.79. The standard InChI is InChI=1S/C15H18F5NO/c16-14(17)6-4-12(5-7-14)21-9-11-2-1-3-13(8-11)22-10-15(18,19)20/h1-3,8,12,21H,4-7,9-10H2. The van der Waals surface area contributed by atoms with Gasteiger partial charge in [0.15, 0.2) is 6.61 Å². The summed E-state index contributed by atoms with van der Waals surface area (Å²) in [5.74, 6) is -2.42. The predicted molar refractivity (Wildman–Crippen MR) is 72.0 cm³/mol. The molecule has 124 valence electrons. The maximum atomic E-state index is 13.0. The molecule has 0 unspecified atom stereocenters. The summed E-state index contributed by atoms with van der Waals surface area (Å²) in [6.07, 6.45) is -3.82. The van der Waals surface area contributed by atoms with Gasteiger partial charge in [-0.2, -0.15) is 13.2 Å². The van der Waals surface area contributed by atoms with Gasteiger partial charge in [0.2, 0.25) is 5.92 Å². The van der Waals surface area contributed by atoms with Crippen LogP contribution in [0.2, 0.25) is 0 Å². The molecule has 1 aliphatic rings. The molecule has 0 spiro atoms. The van der Waals surface area contributed by atoms with Gasteiger partial charge in [-0.3, -0.25) is 0 Å². The van der Waals surface area contributed by atoms with Crippen LogP contribution >= 0.6 is 0 Å². The molecule has 1 aliphatic carbocycles. The lowest BCUT2D eigenvalue weighted by Crippen LogP contribution is -2.36. The molecule has 0 aliphatic heterocycles. The van der Waals surface area contributed by atoms with E-state index >= 15 is 0 Å². The molecule has 0 amide bonds. The van der Waals surface area contributed by atoms with Crippen LogP contribution in [-0.4, -0.2) is 24.7 Å². The Morgan fingerprint density at radius 2 is 1.86 bits per heavy atom. The molecule has 1 fully saturated rings. The summed E-state index contributed by atoms with van der Waals surface area (Å²) in [6.45, 7) is -0.916. The first-order valence-electron chi connectivity index (χ1n) is 7.13. The smallest absolute Gasteiger partial charge is 0.422 e. The van der Waals surface area contributed by atoms with Crippen molar-refractivity contribution in [2.75, 3.05) is 6.61 Å². The average Bonchev–Trinajstić information content (AvgIpc) is 2.44. The van der Waals surface area contributed by atoms with Gasteiger partial charge in [-0.05, 0) is 30.5 Å². The normalized spacial score (nSPS) is 19.1. The minimum atomic E-state index is -4.37. The van der Waals surface area contributed by atoms with Gasteiger partial charge < -0.3 is 10.1 Å². The van der Waals surface area contributed by atoms with Crippen molar-refractivity contribution in [3.05, 3.63) is 29.8 Å². The van der Waals surface area contributed by atoms with Crippen LogP contribution in [0.5, 0.6) is 5.75 Å². The second-order valence-electron chi connectivity index (χ2n) is 5.56. The first-order chi connectivity index (χ1) is 10.2. The monoisotopic (exact) mass is 323 g/mol. The van der Waals surface area contributed by atoms with Crippen LogP contribution in [0.15, 0.2) is 24.3 Å². The average molecular weight is 323 g/mol. The Morgan fingerprint density at radius 1 is 1.18 bits per heavy atom. The molecule has 22 heavy (non-hydrogen) atoms. The van der Waals surface area contributed by atoms with E-state index in [-0.39, 0.29) is 24.6 Å². The molecule has 0 heterocycles. The fraction of sp³-hybridized carbons (Fsp3) is 0.600. The van der Waals surface area contributed by atoms with Crippen molar-refractivity contribution in [2.45, 2.75) is 50.4 Å². The highest BCUT2D eigenvalue weighted by Gasteiger charge is 2.34. The summed E-state index contributed by atoms with van der Waals surface area (Å²) in [5, 5.41) is 3.16. The Morgan fingerprint density at radius 3 is 2.50 bits per heavy atom. The number of rotatable bonds is 5. The first kappa shape index (κ1) is 17.0. The van der Waals surface area contributed by atoms with Crippen molar-refractivity contribution in [3.8, 4) is 5.75 Å². The molecular weight excluding hydrogens is 305 g/mol. The lowest BCUT2D eigenvalue weighted by atomic mass is 9.92. The van der Waals surface area contributed by atoms with E-state index in [4.69, 9.17) is 0 Å². The van der Waals surface area contributed by atoms with E-state index in [1.807, 2.05) is 0 Å². The zero-order chi connectivity index (χ0) is 16.2. The van der Waals surface area contributed by atoms with Crippen LogP contribution in [-0.2, 0) is 6.54 Å². The number of ether oxygens (including phenoxy) is 1. The number of nitrogens with one attached hydrogen (secondary N) is 1. The van der Waals surface area contributed by atoms with Crippen LogP contribution < -0.4 is 10.1 Å². The summed E-state index contributed by atoms with van der Waals surface area (Å²) in [7, 11) is 0. The highest BCUT2D eigenvalue weighted by Crippen LogP contribution is 2.33. The van der Waals surface area contributed by atoms with E-state index in [1.165, 1.54) is 12.1 Å². The van der Waals surface area contributed by atoms with E-state index in [0.29, 0.717) is 19.4 Å². The maximum Gasteiger partial charge on any atom is 0.422 e. The molecule has 1 aromatic carbocycles. The summed E-state index contributed by atoms with van der Waals surface area (Å²) < 4.78 is 67.0. The Labute approximate surface area is 125 Å². The van der Waals surface area contributed by atoms with Crippen molar-refractivity contribution >= 4 is 0 Å². The van der Waals surface area contributed by atoms with Gasteiger partial charge in [0.25, 0.3) is 0 Å². The van der Waals surface area contributed by atoms with Crippen molar-refractivity contribution in [1.82, 2.24) is 5.32 Å². The van der Waals surface area contributed by atoms with Crippen LogP contribution in [0.1, 0.15) is 31.2 Å². The van der Waals surface area contributed by atoms with E-state index in [0.717, 1.165) is 5.56 Å². The van der Waals surface area contributed by atoms with E-state index in [1.54, 1.807) is 12.1 Å². The fourth-order valence-corrected chi connectivity index (χ4v) is 2.42. The number of hydrogen-bond donors (Lipinski definition) is 1. The molecule has 1 saturated carbocycles. The summed E-state index contributed by atoms with van der Waals surface area (Å²) in [5.41, 5.74) is 0.761. The molecule has 7 heteroatoms. The van der Waals surface area contributed by atoms with Crippen LogP contribution in [0.25, 0.3) is 0 Å². The van der Waals surface area contributed by atoms with Gasteiger partial charge in [-0.15, -0.1) is 0 Å². The number of benzene rings is 1. The number of hydrogen-bond acceptors (Lipinski definition) is 2. The molecule has 0 atom stereocenters. The Bertz CT molecular complexity index is 479. The zero-order valence-corrected chi connectivity index (χ0v) is 11.9. The molecule has 1 N–H and O–H groups in total. The highest BCUT2D eigenvalue weighted by molar-refractivity contribution is 5.28. The van der Waals surface area contributed by atoms with Crippen molar-refractivity contribution < 1.29 is 26.7 Å². The van der Waals surface area contributed by atoms with Gasteiger partial charge in [0, 0.05) is 25.4 Å². The molecule has 1 aromatic rings. The van der Waals surface area contributed by atoms with Crippen molar-refractivity contribution in [3.63, 3.8) is 0 Å². The molecule has 2 nitrogen and oxygen atoms in total. The maximum absolute atomic E-state index is 13.0. The minimum absolute atomic E-state index is 0.0133. The summed E-state index contributed by atoms with van der Waals surface area (Å²) in [4.78, 5) is 0. The third-order valence-electron chi connectivity index (χ3n) is 3.61. The molecular formula is C15H18F5NO. The fourth-order valence-electron chi connectivity index (χ4n) is 2.42. The molecule has 0 saturated heterocycles. The van der Waals surface area contributed by atoms with Crippen molar-refractivity contribution in [1.29, 1.82) is 0 Å². The van der Waals surface area contributed by atoms with Gasteiger partial charge in [0.05, 0.1) is 0 Å². The lowest BCUT2D eigenvalue weighted by Gasteiger charge is -2.29. The van der Waals surface area contributed by atoms with Gasteiger partial charge >= 0.3 is 6.18 Å². The van der Waals surface area contributed by atoms with E-state index in [2.05, 4.69) is 10.1 Å². The number of alkyl halides is 5. The Kier molecular flexibility index (Phi) is 5.26. The second kappa shape index (κ2) is 6.81. The SMILES string of the molecule is FC(F)(F)COc1cccc(CNC2CCC(F)(F)CC2)c1. The summed E-state index contributed by atoms with van der Waals surface area (Å²) >= 11 is 0. The first-order valence-corrected chi connectivity index (χ1v) is 7.13. The van der Waals surface area contributed by atoms with Gasteiger partial charge in [0.1, 0.15) is 5.75 Å². The van der Waals surface area contributed by atoms with Crippen LogP contribution in [0.3, 0.4) is 0 Å². The predicted octanol–water partition coefficient (Wildman–Crippen LogP) is 4.30. The van der Waals surface area contributed by atoms with Gasteiger partial charge in [-0.25, -0.2) is 8.78 Å². The lowest BCUT2D eigenvalue weighted by molar-refractivity contribution is -0.153. The Hall–Kier alpha value is -1.37. The van der Waals surface area contributed by atoms with E-state index < -0.39 is 18.7 Å². The van der Waals surface area contributed by atoms with Crippen molar-refractivity contribution in [2.24, 2.45) is 0 Å². The third-order valence-corrected chi connectivity index (χ3v) is 3.61. The number of halogens is 5. The minimum Gasteiger partial charge on any atom is -0.484 e. The van der Waals surface area contributed by atoms with Crippen LogP contribution in [0.4, 0.5) is 22.0 Å². The van der Waals surface area contributed by atoms with Crippen LogP contribution in [0, 0.1) is 0 Å². The molecule has 0 aromatic heterocycles. The second-order valence-corrected chi connectivity index (χ2v) is 5.56. The summed E-state index contributed by atoms with van der Waals surface area (Å²) in [6, 6.07) is 6.36. The molecule has 2 rings (SSSR count). The molecule has 0 bridgehead atoms. The van der Waals surface area contributed by atoms with E-state index in [9.17, 15) is 22.0 Å². The highest BCUT2D eigenvalue weighted by atomic mass is 19.4. The zero-order valence-electron chi connectivity index (χ0n) is 11.9. The Balaban J connectivity index is 1.81. The largest absolute Gasteiger partial charge is 0.484 e. The molecule has 0 radical (unpaired) electrons.